The van der Waals surface area contributed by atoms with Gasteiger partial charge >= 0.3 is 5.97 Å². The summed E-state index contributed by atoms with van der Waals surface area (Å²) in [6, 6.07) is 0. The lowest BCUT2D eigenvalue weighted by molar-refractivity contribution is -0.138. The third-order valence-electron chi connectivity index (χ3n) is 3.28. The van der Waals surface area contributed by atoms with Gasteiger partial charge in [0.1, 0.15) is 5.69 Å². The molecule has 1 amide bonds. The molecule has 5 nitrogen and oxygen atoms in total. The zero-order valence-electron chi connectivity index (χ0n) is 10.2. The van der Waals surface area contributed by atoms with Crippen molar-refractivity contribution < 1.29 is 14.7 Å². The zero-order chi connectivity index (χ0) is 13.2. The van der Waals surface area contributed by atoms with Gasteiger partial charge in [0, 0.05) is 11.4 Å². The molecule has 0 radical (unpaired) electrons. The Morgan fingerprint density at radius 3 is 2.83 bits per heavy atom. The summed E-state index contributed by atoms with van der Waals surface area (Å²) in [5.41, 5.74) is 1.93. The number of carbonyl (C=O) groups is 2. The van der Waals surface area contributed by atoms with E-state index in [-0.39, 0.29) is 17.7 Å². The van der Waals surface area contributed by atoms with E-state index in [2.05, 4.69) is 10.3 Å². The first kappa shape index (κ1) is 13.0. The molecular weight excluding hydrogens is 252 g/mol. The third kappa shape index (κ3) is 2.87. The van der Waals surface area contributed by atoms with E-state index in [1.165, 1.54) is 11.3 Å². The van der Waals surface area contributed by atoms with Crippen LogP contribution < -0.4 is 5.32 Å². The fourth-order valence-electron chi connectivity index (χ4n) is 1.97. The van der Waals surface area contributed by atoms with E-state index in [4.69, 9.17) is 5.11 Å². The minimum absolute atomic E-state index is 0.130. The topological polar surface area (TPSA) is 79.3 Å². The molecule has 0 aromatic carbocycles. The molecule has 1 saturated carbocycles. The van der Waals surface area contributed by atoms with Crippen molar-refractivity contribution in [3.8, 4) is 0 Å². The van der Waals surface area contributed by atoms with Gasteiger partial charge in [-0.3, -0.25) is 9.59 Å². The van der Waals surface area contributed by atoms with Crippen LogP contribution in [0.2, 0.25) is 0 Å². The first-order valence-corrected chi connectivity index (χ1v) is 6.87. The molecule has 2 N–H and O–H groups in total. The van der Waals surface area contributed by atoms with Crippen molar-refractivity contribution in [1.82, 2.24) is 10.3 Å². The number of aryl methyl sites for hydroxylation is 1. The Labute approximate surface area is 109 Å². The van der Waals surface area contributed by atoms with E-state index >= 15 is 0 Å². The Balaban J connectivity index is 1.91. The number of aromatic nitrogens is 1. The number of nitrogens with one attached hydrogen (secondary N) is 1. The second kappa shape index (κ2) is 5.06. The smallest absolute Gasteiger partial charge is 0.303 e. The molecule has 1 aromatic rings. The molecule has 0 saturated heterocycles. The second-order valence-electron chi connectivity index (χ2n) is 4.73. The number of hydrogen-bond donors (Lipinski definition) is 2. The van der Waals surface area contributed by atoms with Gasteiger partial charge in [-0.25, -0.2) is 4.98 Å². The molecular formula is C12H16N2O3S. The number of hydrogen-bond acceptors (Lipinski definition) is 4. The second-order valence-corrected chi connectivity index (χ2v) is 5.67. The van der Waals surface area contributed by atoms with Crippen LogP contribution in [0.3, 0.4) is 0 Å². The summed E-state index contributed by atoms with van der Waals surface area (Å²) in [4.78, 5) is 27.7. The predicted octanol–water partition coefficient (Wildman–Crippen LogP) is 1.69. The molecule has 18 heavy (non-hydrogen) atoms. The Morgan fingerprint density at radius 1 is 1.56 bits per heavy atom. The molecule has 0 unspecified atom stereocenters. The Morgan fingerprint density at radius 2 is 2.28 bits per heavy atom. The molecule has 6 heteroatoms. The largest absolute Gasteiger partial charge is 0.481 e. The van der Waals surface area contributed by atoms with Crippen LogP contribution in [0.5, 0.6) is 0 Å². The summed E-state index contributed by atoms with van der Waals surface area (Å²) in [6.07, 6.45) is 2.66. The Hall–Kier alpha value is -1.43. The summed E-state index contributed by atoms with van der Waals surface area (Å²) >= 11 is 1.47. The molecule has 0 spiro atoms. The molecule has 1 aliphatic carbocycles. The first-order valence-electron chi connectivity index (χ1n) is 5.99. The monoisotopic (exact) mass is 268 g/mol. The summed E-state index contributed by atoms with van der Waals surface area (Å²) in [7, 11) is 0. The van der Waals surface area contributed by atoms with Crippen molar-refractivity contribution in [2.75, 3.05) is 6.54 Å². The summed E-state index contributed by atoms with van der Waals surface area (Å²) in [5.74, 6) is -0.991. The van der Waals surface area contributed by atoms with Crippen LogP contribution in [0, 0.1) is 5.41 Å². The van der Waals surface area contributed by atoms with Gasteiger partial charge in [-0.2, -0.15) is 0 Å². The number of amides is 1. The Bertz CT molecular complexity index is 466. The number of carboxylic acid groups (broad SMARTS) is 1. The standard InChI is InChI=1S/C12H16N2O3S/c1-2-8-10(14-7-18-8)11(17)13-6-12(3-4-12)5-9(15)16/h7H,2-6H2,1H3,(H,13,17)(H,15,16). The lowest BCUT2D eigenvalue weighted by atomic mass is 10.0. The summed E-state index contributed by atoms with van der Waals surface area (Å²) in [5, 5.41) is 11.6. The third-order valence-corrected chi connectivity index (χ3v) is 4.26. The molecule has 0 aliphatic heterocycles. The maximum atomic E-state index is 11.9. The lowest BCUT2D eigenvalue weighted by Gasteiger charge is -2.13. The van der Waals surface area contributed by atoms with Gasteiger partial charge in [0.25, 0.3) is 5.91 Å². The van der Waals surface area contributed by atoms with Gasteiger partial charge in [0.15, 0.2) is 0 Å². The number of aliphatic carboxylic acids is 1. The SMILES string of the molecule is CCc1scnc1C(=O)NCC1(CC(=O)O)CC1. The van der Waals surface area contributed by atoms with Crippen LogP contribution in [0.25, 0.3) is 0 Å². The molecule has 0 atom stereocenters. The van der Waals surface area contributed by atoms with E-state index in [1.54, 1.807) is 5.51 Å². The van der Waals surface area contributed by atoms with Gasteiger partial charge in [-0.1, -0.05) is 6.92 Å². The maximum Gasteiger partial charge on any atom is 0.303 e. The van der Waals surface area contributed by atoms with Crippen molar-refractivity contribution in [3.63, 3.8) is 0 Å². The molecule has 0 bridgehead atoms. The van der Waals surface area contributed by atoms with E-state index in [0.29, 0.717) is 12.2 Å². The highest BCUT2D eigenvalue weighted by atomic mass is 32.1. The molecule has 1 heterocycles. The molecule has 1 fully saturated rings. The van der Waals surface area contributed by atoms with Crippen LogP contribution in [-0.2, 0) is 11.2 Å². The average Bonchev–Trinajstić information content (AvgIpc) is 2.92. The number of thiazole rings is 1. The molecule has 1 aliphatic rings. The van der Waals surface area contributed by atoms with Gasteiger partial charge in [0.2, 0.25) is 0 Å². The highest BCUT2D eigenvalue weighted by molar-refractivity contribution is 7.09. The minimum atomic E-state index is -0.801. The van der Waals surface area contributed by atoms with Crippen molar-refractivity contribution in [1.29, 1.82) is 0 Å². The first-order chi connectivity index (χ1) is 8.56. The quantitative estimate of drug-likeness (QED) is 0.823. The number of rotatable bonds is 6. The van der Waals surface area contributed by atoms with Crippen LogP contribution >= 0.6 is 11.3 Å². The van der Waals surface area contributed by atoms with E-state index in [9.17, 15) is 9.59 Å². The number of nitrogens with zero attached hydrogens (tertiary/aromatic N) is 1. The van der Waals surface area contributed by atoms with Crippen molar-refractivity contribution >= 4 is 23.2 Å². The van der Waals surface area contributed by atoms with E-state index < -0.39 is 5.97 Å². The predicted molar refractivity (Wildman–Crippen MR) is 67.7 cm³/mol. The van der Waals surface area contributed by atoms with Crippen LogP contribution in [0.1, 0.15) is 41.6 Å². The molecule has 1 aromatic heterocycles. The van der Waals surface area contributed by atoms with Gasteiger partial charge in [-0.05, 0) is 24.7 Å². The highest BCUT2D eigenvalue weighted by Crippen LogP contribution is 2.48. The van der Waals surface area contributed by atoms with Gasteiger partial charge in [0.05, 0.1) is 11.9 Å². The minimum Gasteiger partial charge on any atom is -0.481 e. The Kier molecular flexibility index (Phi) is 3.65. The van der Waals surface area contributed by atoms with Crippen molar-refractivity contribution in [3.05, 3.63) is 16.1 Å². The highest BCUT2D eigenvalue weighted by Gasteiger charge is 2.44. The van der Waals surface area contributed by atoms with E-state index in [1.807, 2.05) is 6.92 Å². The summed E-state index contributed by atoms with van der Waals surface area (Å²) in [6.45, 7) is 2.41. The fourth-order valence-corrected chi connectivity index (χ4v) is 2.68. The lowest BCUT2D eigenvalue weighted by Crippen LogP contribution is -2.32. The summed E-state index contributed by atoms with van der Waals surface area (Å²) < 4.78 is 0. The fraction of sp³-hybridized carbons (Fsp3) is 0.583. The molecule has 2 rings (SSSR count). The van der Waals surface area contributed by atoms with Crippen LogP contribution in [-0.4, -0.2) is 28.5 Å². The average molecular weight is 268 g/mol. The van der Waals surface area contributed by atoms with Crippen molar-refractivity contribution in [2.45, 2.75) is 32.6 Å². The number of carbonyl (C=O) groups excluding carboxylic acids is 1. The van der Waals surface area contributed by atoms with Crippen LogP contribution in [0.4, 0.5) is 0 Å². The normalized spacial score (nSPS) is 16.3. The van der Waals surface area contributed by atoms with Crippen molar-refractivity contribution in [2.24, 2.45) is 5.41 Å². The van der Waals surface area contributed by atoms with E-state index in [0.717, 1.165) is 24.1 Å². The zero-order valence-corrected chi connectivity index (χ0v) is 11.0. The van der Waals surface area contributed by atoms with Crippen LogP contribution in [0.15, 0.2) is 5.51 Å². The van der Waals surface area contributed by atoms with Gasteiger partial charge < -0.3 is 10.4 Å². The molecule has 98 valence electrons. The number of carboxylic acids is 1. The van der Waals surface area contributed by atoms with Gasteiger partial charge in [-0.15, -0.1) is 11.3 Å². The maximum absolute atomic E-state index is 11.9.